The van der Waals surface area contributed by atoms with Crippen molar-refractivity contribution in [3.63, 3.8) is 0 Å². The fourth-order valence-electron chi connectivity index (χ4n) is 0.552. The summed E-state index contributed by atoms with van der Waals surface area (Å²) in [5.74, 6) is 0. The van der Waals surface area contributed by atoms with E-state index in [1.165, 1.54) is 6.20 Å². The molecule has 0 bridgehead atoms. The second kappa shape index (κ2) is 11.5. The van der Waals surface area contributed by atoms with Crippen LogP contribution < -0.4 is 5.73 Å². The summed E-state index contributed by atoms with van der Waals surface area (Å²) < 4.78 is 0. The van der Waals surface area contributed by atoms with Gasteiger partial charge in [-0.25, -0.2) is 0 Å². The Hall–Kier alpha value is -1.24. The molecule has 0 rings (SSSR count). The van der Waals surface area contributed by atoms with Crippen LogP contribution in [0.15, 0.2) is 49.2 Å². The van der Waals surface area contributed by atoms with Gasteiger partial charge in [-0.15, -0.1) is 13.2 Å². The zero-order valence-corrected chi connectivity index (χ0v) is 7.38. The molecule has 0 aliphatic heterocycles. The zero-order valence-electron chi connectivity index (χ0n) is 7.38. The van der Waals surface area contributed by atoms with Gasteiger partial charge in [-0.3, -0.25) is 0 Å². The van der Waals surface area contributed by atoms with Gasteiger partial charge in [0.15, 0.2) is 0 Å². The molecule has 0 fully saturated rings. The third-order valence-corrected chi connectivity index (χ3v) is 0.981. The van der Waals surface area contributed by atoms with E-state index >= 15 is 0 Å². The molecule has 0 amide bonds. The van der Waals surface area contributed by atoms with E-state index in [2.05, 4.69) is 13.2 Å². The zero-order chi connectivity index (χ0) is 9.11. The molecule has 0 unspecified atom stereocenters. The summed E-state index contributed by atoms with van der Waals surface area (Å²) in [5, 5.41) is 0. The first-order valence-corrected chi connectivity index (χ1v) is 3.52. The third-order valence-electron chi connectivity index (χ3n) is 0.981. The Morgan fingerprint density at radius 3 is 2.00 bits per heavy atom. The SMILES string of the molecule is C=C.C\C=C/C(/C=C/N)=C\C. The molecule has 0 aliphatic rings. The maximum atomic E-state index is 5.18. The van der Waals surface area contributed by atoms with Crippen molar-refractivity contribution in [3.05, 3.63) is 49.2 Å². The Kier molecular flexibility index (Phi) is 13.1. The summed E-state index contributed by atoms with van der Waals surface area (Å²) in [6, 6.07) is 0. The molecule has 0 atom stereocenters. The van der Waals surface area contributed by atoms with Crippen LogP contribution >= 0.6 is 0 Å². The van der Waals surface area contributed by atoms with Crippen molar-refractivity contribution in [1.29, 1.82) is 0 Å². The van der Waals surface area contributed by atoms with E-state index in [1.807, 2.05) is 38.2 Å². The number of hydrogen-bond donors (Lipinski definition) is 1. The van der Waals surface area contributed by atoms with Crippen molar-refractivity contribution in [1.82, 2.24) is 0 Å². The lowest BCUT2D eigenvalue weighted by Gasteiger charge is -1.86. The number of rotatable bonds is 2. The fourth-order valence-corrected chi connectivity index (χ4v) is 0.552. The summed E-state index contributed by atoms with van der Waals surface area (Å²) in [4.78, 5) is 0. The van der Waals surface area contributed by atoms with Crippen LogP contribution in [-0.4, -0.2) is 0 Å². The van der Waals surface area contributed by atoms with Crippen LogP contribution in [0.2, 0.25) is 0 Å². The first-order chi connectivity index (χ1) is 5.35. The molecule has 0 saturated heterocycles. The predicted molar refractivity (Wildman–Crippen MR) is 53.2 cm³/mol. The second-order valence-electron chi connectivity index (χ2n) is 1.65. The Bertz CT molecular complexity index is 138. The van der Waals surface area contributed by atoms with Crippen LogP contribution in [0.1, 0.15) is 13.8 Å². The van der Waals surface area contributed by atoms with Gasteiger partial charge in [0.05, 0.1) is 0 Å². The molecule has 0 aromatic heterocycles. The highest BCUT2D eigenvalue weighted by molar-refractivity contribution is 5.28. The van der Waals surface area contributed by atoms with Gasteiger partial charge in [-0.1, -0.05) is 18.2 Å². The molecular formula is C10H17N. The largest absolute Gasteiger partial charge is 0.405 e. The minimum absolute atomic E-state index is 1.14. The molecule has 0 spiro atoms. The topological polar surface area (TPSA) is 26.0 Å². The van der Waals surface area contributed by atoms with Gasteiger partial charge in [0.2, 0.25) is 0 Å². The molecule has 0 aromatic carbocycles. The van der Waals surface area contributed by atoms with Crippen molar-refractivity contribution >= 4 is 0 Å². The smallest absolute Gasteiger partial charge is 0.00565 e. The van der Waals surface area contributed by atoms with Gasteiger partial charge < -0.3 is 5.73 Å². The van der Waals surface area contributed by atoms with Crippen LogP contribution in [0.4, 0.5) is 0 Å². The van der Waals surface area contributed by atoms with E-state index in [4.69, 9.17) is 5.73 Å². The molecule has 0 aliphatic carbocycles. The number of hydrogen-bond acceptors (Lipinski definition) is 1. The summed E-state index contributed by atoms with van der Waals surface area (Å²) in [6.45, 7) is 9.96. The normalized spacial score (nSPS) is 11.6. The average molecular weight is 151 g/mol. The van der Waals surface area contributed by atoms with Gasteiger partial charge in [0.1, 0.15) is 0 Å². The Balaban J connectivity index is 0. The first kappa shape index (κ1) is 12.4. The van der Waals surface area contributed by atoms with E-state index in [-0.39, 0.29) is 0 Å². The van der Waals surface area contributed by atoms with Crippen molar-refractivity contribution in [2.45, 2.75) is 13.8 Å². The lowest BCUT2D eigenvalue weighted by Crippen LogP contribution is -1.77. The van der Waals surface area contributed by atoms with Crippen molar-refractivity contribution in [2.24, 2.45) is 5.73 Å². The molecule has 0 radical (unpaired) electrons. The Morgan fingerprint density at radius 2 is 1.73 bits per heavy atom. The van der Waals surface area contributed by atoms with Gasteiger partial charge in [0, 0.05) is 0 Å². The number of allylic oxidation sites excluding steroid dienone is 5. The first-order valence-electron chi connectivity index (χ1n) is 3.52. The molecule has 1 heteroatoms. The molecule has 2 N–H and O–H groups in total. The predicted octanol–water partition coefficient (Wildman–Crippen LogP) is 2.78. The van der Waals surface area contributed by atoms with Crippen LogP contribution in [0.3, 0.4) is 0 Å². The maximum absolute atomic E-state index is 5.18. The molecule has 0 aromatic rings. The Morgan fingerprint density at radius 1 is 1.18 bits per heavy atom. The highest BCUT2D eigenvalue weighted by Crippen LogP contribution is 1.96. The summed E-state index contributed by atoms with van der Waals surface area (Å²) in [6.07, 6.45) is 9.39. The monoisotopic (exact) mass is 151 g/mol. The summed E-state index contributed by atoms with van der Waals surface area (Å²) in [7, 11) is 0. The summed E-state index contributed by atoms with van der Waals surface area (Å²) in [5.41, 5.74) is 6.32. The average Bonchev–Trinajstić information content (AvgIpc) is 2.08. The molecule has 62 valence electrons. The van der Waals surface area contributed by atoms with Crippen LogP contribution in [0.5, 0.6) is 0 Å². The Labute approximate surface area is 69.6 Å². The molecule has 0 saturated carbocycles. The fraction of sp³-hybridized carbons (Fsp3) is 0.200. The lowest BCUT2D eigenvalue weighted by molar-refractivity contribution is 1.52. The van der Waals surface area contributed by atoms with E-state index < -0.39 is 0 Å². The van der Waals surface area contributed by atoms with E-state index in [0.717, 1.165) is 5.57 Å². The van der Waals surface area contributed by atoms with E-state index in [0.29, 0.717) is 0 Å². The maximum Gasteiger partial charge on any atom is -0.00565 e. The third kappa shape index (κ3) is 8.76. The van der Waals surface area contributed by atoms with Crippen molar-refractivity contribution in [3.8, 4) is 0 Å². The molecular weight excluding hydrogens is 134 g/mol. The van der Waals surface area contributed by atoms with Gasteiger partial charge >= 0.3 is 0 Å². The van der Waals surface area contributed by atoms with Crippen molar-refractivity contribution < 1.29 is 0 Å². The molecule has 11 heavy (non-hydrogen) atoms. The van der Waals surface area contributed by atoms with Gasteiger partial charge in [-0.2, -0.15) is 0 Å². The lowest BCUT2D eigenvalue weighted by atomic mass is 10.2. The van der Waals surface area contributed by atoms with E-state index in [1.54, 1.807) is 0 Å². The quantitative estimate of drug-likeness (QED) is 0.476. The highest BCUT2D eigenvalue weighted by atomic mass is 14.5. The second-order valence-corrected chi connectivity index (χ2v) is 1.65. The van der Waals surface area contributed by atoms with Crippen LogP contribution in [0.25, 0.3) is 0 Å². The van der Waals surface area contributed by atoms with E-state index in [9.17, 15) is 0 Å². The standard InChI is InChI=1S/C8H13N.C2H4/c1-3-5-8(4-2)6-7-9;1-2/h3-7H,9H2,1-2H3;1-2H2/b5-3-,7-6+,8-4+;. The molecule has 0 heterocycles. The van der Waals surface area contributed by atoms with Gasteiger partial charge in [-0.05, 0) is 31.7 Å². The minimum atomic E-state index is 1.14. The van der Waals surface area contributed by atoms with Crippen LogP contribution in [0, 0.1) is 0 Å². The molecule has 1 nitrogen and oxygen atoms in total. The minimum Gasteiger partial charge on any atom is -0.405 e. The summed E-state index contributed by atoms with van der Waals surface area (Å²) >= 11 is 0. The van der Waals surface area contributed by atoms with Gasteiger partial charge in [0.25, 0.3) is 0 Å². The van der Waals surface area contributed by atoms with Crippen LogP contribution in [-0.2, 0) is 0 Å². The highest BCUT2D eigenvalue weighted by Gasteiger charge is 1.77. The number of nitrogens with two attached hydrogens (primary N) is 1. The van der Waals surface area contributed by atoms with Crippen molar-refractivity contribution in [2.75, 3.05) is 0 Å².